The van der Waals surface area contributed by atoms with Crippen molar-refractivity contribution in [3.8, 4) is 5.75 Å². The monoisotopic (exact) mass is 319 g/mol. The van der Waals surface area contributed by atoms with Crippen molar-refractivity contribution < 1.29 is 14.5 Å². The molecule has 0 aliphatic heterocycles. The SMILES string of the molecule is O=C(C=Cc1cccc([N+](=O)[O-])c1)Oc1cccc2ccccc12. The summed E-state index contributed by atoms with van der Waals surface area (Å²) in [5.74, 6) is -0.0698. The zero-order chi connectivity index (χ0) is 16.9. The fraction of sp³-hybridized carbons (Fsp3) is 0. The van der Waals surface area contributed by atoms with Gasteiger partial charge < -0.3 is 4.74 Å². The van der Waals surface area contributed by atoms with Crippen LogP contribution in [0.15, 0.2) is 72.8 Å². The van der Waals surface area contributed by atoms with Crippen molar-refractivity contribution in [1.29, 1.82) is 0 Å². The van der Waals surface area contributed by atoms with Gasteiger partial charge in [0.2, 0.25) is 0 Å². The number of esters is 1. The van der Waals surface area contributed by atoms with E-state index in [1.165, 1.54) is 24.3 Å². The van der Waals surface area contributed by atoms with Gasteiger partial charge in [0.15, 0.2) is 0 Å². The highest BCUT2D eigenvalue weighted by molar-refractivity contribution is 5.94. The van der Waals surface area contributed by atoms with Gasteiger partial charge >= 0.3 is 5.97 Å². The van der Waals surface area contributed by atoms with Crippen LogP contribution in [0.1, 0.15) is 5.56 Å². The molecule has 0 aliphatic carbocycles. The van der Waals surface area contributed by atoms with Crippen LogP contribution in [0.4, 0.5) is 5.69 Å². The minimum atomic E-state index is -0.544. The van der Waals surface area contributed by atoms with Crippen LogP contribution in [0.25, 0.3) is 16.8 Å². The Hall–Kier alpha value is -3.47. The predicted molar refractivity (Wildman–Crippen MR) is 91.7 cm³/mol. The van der Waals surface area contributed by atoms with E-state index in [2.05, 4.69) is 0 Å². The molecule has 0 spiro atoms. The van der Waals surface area contributed by atoms with Crippen LogP contribution in [0.2, 0.25) is 0 Å². The van der Waals surface area contributed by atoms with Gasteiger partial charge in [-0.05, 0) is 23.1 Å². The molecular formula is C19H13NO4. The average molecular weight is 319 g/mol. The molecule has 5 heteroatoms. The molecule has 0 heterocycles. The Labute approximate surface area is 138 Å². The molecule has 0 fully saturated rings. The van der Waals surface area contributed by atoms with Crippen molar-refractivity contribution in [2.24, 2.45) is 0 Å². The molecule has 0 aromatic heterocycles. The van der Waals surface area contributed by atoms with Crippen molar-refractivity contribution in [1.82, 2.24) is 0 Å². The number of hydrogen-bond acceptors (Lipinski definition) is 4. The average Bonchev–Trinajstić information content (AvgIpc) is 2.60. The summed E-state index contributed by atoms with van der Waals surface area (Å²) in [5, 5.41) is 12.6. The van der Waals surface area contributed by atoms with Crippen LogP contribution in [0.5, 0.6) is 5.75 Å². The van der Waals surface area contributed by atoms with Crippen LogP contribution < -0.4 is 4.74 Å². The van der Waals surface area contributed by atoms with Crippen molar-refractivity contribution >= 4 is 28.5 Å². The summed E-state index contributed by atoms with van der Waals surface area (Å²) in [5.41, 5.74) is 0.527. The molecule has 118 valence electrons. The molecular weight excluding hydrogens is 306 g/mol. The Kier molecular flexibility index (Phi) is 4.34. The Bertz CT molecular complexity index is 942. The highest BCUT2D eigenvalue weighted by Crippen LogP contribution is 2.25. The van der Waals surface area contributed by atoms with Gasteiger partial charge in [0.05, 0.1) is 4.92 Å². The fourth-order valence-electron chi connectivity index (χ4n) is 2.33. The number of carbonyl (C=O) groups excluding carboxylic acids is 1. The molecule has 0 amide bonds. The summed E-state index contributed by atoms with van der Waals surface area (Å²) in [6.45, 7) is 0. The van der Waals surface area contributed by atoms with Crippen LogP contribution >= 0.6 is 0 Å². The molecule has 3 aromatic rings. The number of carbonyl (C=O) groups is 1. The second-order valence-electron chi connectivity index (χ2n) is 5.08. The lowest BCUT2D eigenvalue weighted by Gasteiger charge is -2.05. The van der Waals surface area contributed by atoms with E-state index in [0.29, 0.717) is 11.3 Å². The van der Waals surface area contributed by atoms with Gasteiger partial charge in [-0.15, -0.1) is 0 Å². The summed E-state index contributed by atoms with van der Waals surface area (Å²) in [7, 11) is 0. The zero-order valence-electron chi connectivity index (χ0n) is 12.6. The highest BCUT2D eigenvalue weighted by Gasteiger charge is 2.06. The number of nitro benzene ring substituents is 1. The number of hydrogen-bond donors (Lipinski definition) is 0. The van der Waals surface area contributed by atoms with E-state index in [-0.39, 0.29) is 5.69 Å². The molecule has 5 nitrogen and oxygen atoms in total. The first-order valence-corrected chi connectivity index (χ1v) is 7.25. The molecule has 3 aromatic carbocycles. The molecule has 0 N–H and O–H groups in total. The van der Waals surface area contributed by atoms with E-state index in [1.54, 1.807) is 18.2 Å². The van der Waals surface area contributed by atoms with E-state index in [0.717, 1.165) is 10.8 Å². The van der Waals surface area contributed by atoms with Gasteiger partial charge in [-0.3, -0.25) is 10.1 Å². The molecule has 0 radical (unpaired) electrons. The second-order valence-corrected chi connectivity index (χ2v) is 5.08. The first-order valence-electron chi connectivity index (χ1n) is 7.25. The largest absolute Gasteiger partial charge is 0.423 e. The standard InChI is InChI=1S/C19H13NO4/c21-19(12-11-14-5-3-8-16(13-14)20(22)23)24-18-10-4-7-15-6-1-2-9-17(15)18/h1-13H. The van der Waals surface area contributed by atoms with Crippen molar-refractivity contribution in [3.05, 3.63) is 88.5 Å². The number of non-ortho nitro benzene ring substituents is 1. The fourth-order valence-corrected chi connectivity index (χ4v) is 2.33. The summed E-state index contributed by atoms with van der Waals surface area (Å²) in [4.78, 5) is 22.3. The number of ether oxygens (including phenoxy) is 1. The van der Waals surface area contributed by atoms with Gasteiger partial charge in [0.25, 0.3) is 5.69 Å². The Balaban J connectivity index is 1.78. The van der Waals surface area contributed by atoms with Gasteiger partial charge in [0, 0.05) is 23.6 Å². The highest BCUT2D eigenvalue weighted by atomic mass is 16.6. The summed E-state index contributed by atoms with van der Waals surface area (Å²) < 4.78 is 5.37. The summed E-state index contributed by atoms with van der Waals surface area (Å²) >= 11 is 0. The van der Waals surface area contributed by atoms with Gasteiger partial charge in [0.1, 0.15) is 5.75 Å². The third-order valence-corrected chi connectivity index (χ3v) is 3.45. The predicted octanol–water partition coefficient (Wildman–Crippen LogP) is 4.37. The second kappa shape index (κ2) is 6.75. The molecule has 3 rings (SSSR count). The van der Waals surface area contributed by atoms with Crippen LogP contribution in [-0.4, -0.2) is 10.9 Å². The Morgan fingerprint density at radius 1 is 1.00 bits per heavy atom. The number of nitro groups is 1. The Morgan fingerprint density at radius 3 is 2.58 bits per heavy atom. The van der Waals surface area contributed by atoms with Crippen molar-refractivity contribution in [2.45, 2.75) is 0 Å². The molecule has 24 heavy (non-hydrogen) atoms. The molecule has 0 aliphatic rings. The van der Waals surface area contributed by atoms with Gasteiger partial charge in [-0.2, -0.15) is 0 Å². The summed E-state index contributed by atoms with van der Waals surface area (Å²) in [6, 6.07) is 19.1. The van der Waals surface area contributed by atoms with E-state index in [9.17, 15) is 14.9 Å². The lowest BCUT2D eigenvalue weighted by Crippen LogP contribution is -2.04. The topological polar surface area (TPSA) is 69.4 Å². The van der Waals surface area contributed by atoms with E-state index < -0.39 is 10.9 Å². The van der Waals surface area contributed by atoms with Gasteiger partial charge in [-0.25, -0.2) is 4.79 Å². The summed E-state index contributed by atoms with van der Waals surface area (Å²) in [6.07, 6.45) is 2.74. The molecule has 0 bridgehead atoms. The lowest BCUT2D eigenvalue weighted by atomic mass is 10.1. The number of nitrogens with zero attached hydrogens (tertiary/aromatic N) is 1. The maximum atomic E-state index is 12.0. The maximum Gasteiger partial charge on any atom is 0.336 e. The van der Waals surface area contributed by atoms with Crippen LogP contribution in [0.3, 0.4) is 0 Å². The van der Waals surface area contributed by atoms with Crippen LogP contribution in [0, 0.1) is 10.1 Å². The van der Waals surface area contributed by atoms with Crippen molar-refractivity contribution in [2.75, 3.05) is 0 Å². The normalized spacial score (nSPS) is 10.8. The number of fused-ring (bicyclic) bond motifs is 1. The van der Waals surface area contributed by atoms with E-state index in [4.69, 9.17) is 4.74 Å². The Morgan fingerprint density at radius 2 is 1.75 bits per heavy atom. The number of rotatable bonds is 4. The quantitative estimate of drug-likeness (QED) is 0.235. The minimum absolute atomic E-state index is 0.0282. The van der Waals surface area contributed by atoms with E-state index in [1.807, 2.05) is 36.4 Å². The third kappa shape index (κ3) is 3.47. The smallest absolute Gasteiger partial charge is 0.336 e. The molecule has 0 atom stereocenters. The minimum Gasteiger partial charge on any atom is -0.423 e. The van der Waals surface area contributed by atoms with Crippen molar-refractivity contribution in [3.63, 3.8) is 0 Å². The first-order chi connectivity index (χ1) is 11.6. The third-order valence-electron chi connectivity index (χ3n) is 3.45. The maximum absolute atomic E-state index is 12.0. The molecule has 0 saturated carbocycles. The van der Waals surface area contributed by atoms with Crippen LogP contribution in [-0.2, 0) is 4.79 Å². The molecule has 0 saturated heterocycles. The van der Waals surface area contributed by atoms with E-state index >= 15 is 0 Å². The first kappa shape index (κ1) is 15.4. The van der Waals surface area contributed by atoms with Gasteiger partial charge in [-0.1, -0.05) is 48.5 Å². The lowest BCUT2D eigenvalue weighted by molar-refractivity contribution is -0.384. The zero-order valence-corrected chi connectivity index (χ0v) is 12.6. The number of benzene rings is 3. The molecule has 0 unspecified atom stereocenters.